The number of ketones is 1. The molecule has 1 heterocycles. The zero-order chi connectivity index (χ0) is 11.6. The van der Waals surface area contributed by atoms with Gasteiger partial charge in [0.25, 0.3) is 0 Å². The predicted molar refractivity (Wildman–Crippen MR) is 58.4 cm³/mol. The van der Waals surface area contributed by atoms with Crippen LogP contribution in [-0.4, -0.2) is 5.78 Å². The molecule has 16 heavy (non-hydrogen) atoms. The molecule has 0 amide bonds. The molecule has 1 unspecified atom stereocenters. The van der Waals surface area contributed by atoms with Crippen LogP contribution >= 0.6 is 0 Å². The van der Waals surface area contributed by atoms with Crippen molar-refractivity contribution >= 4 is 5.78 Å². The Morgan fingerprint density at radius 1 is 1.50 bits per heavy atom. The molecule has 0 radical (unpaired) electrons. The van der Waals surface area contributed by atoms with Gasteiger partial charge in [-0.2, -0.15) is 5.26 Å². The number of nitriles is 1. The molecule has 0 N–H and O–H groups in total. The van der Waals surface area contributed by atoms with Crippen LogP contribution in [0.25, 0.3) is 0 Å². The molecule has 0 spiro atoms. The fraction of sp³-hybridized carbons (Fsp3) is 0.231. The van der Waals surface area contributed by atoms with Gasteiger partial charge in [-0.15, -0.1) is 0 Å². The third-order valence-corrected chi connectivity index (χ3v) is 2.70. The second kappa shape index (κ2) is 3.82. The highest BCUT2D eigenvalue weighted by Gasteiger charge is 2.32. The van der Waals surface area contributed by atoms with Crippen LogP contribution in [0.3, 0.4) is 0 Å². The maximum absolute atomic E-state index is 11.4. The van der Waals surface area contributed by atoms with Crippen LogP contribution in [0.1, 0.15) is 24.5 Å². The molecule has 3 nitrogen and oxygen atoms in total. The minimum absolute atomic E-state index is 0.0381. The van der Waals surface area contributed by atoms with Gasteiger partial charge in [0.2, 0.25) is 0 Å². The average molecular weight is 213 g/mol. The van der Waals surface area contributed by atoms with Crippen molar-refractivity contribution in [1.82, 2.24) is 0 Å². The van der Waals surface area contributed by atoms with E-state index >= 15 is 0 Å². The summed E-state index contributed by atoms with van der Waals surface area (Å²) >= 11 is 0. The zero-order valence-electron chi connectivity index (χ0n) is 8.93. The van der Waals surface area contributed by atoms with Crippen molar-refractivity contribution in [2.45, 2.75) is 18.9 Å². The number of hydrogen-bond acceptors (Lipinski definition) is 3. The first-order valence-electron chi connectivity index (χ1n) is 5.02. The van der Waals surface area contributed by atoms with Gasteiger partial charge in [0.15, 0.2) is 5.78 Å². The third kappa shape index (κ3) is 1.82. The third-order valence-electron chi connectivity index (χ3n) is 2.70. The lowest BCUT2D eigenvalue weighted by Crippen LogP contribution is -2.29. The van der Waals surface area contributed by atoms with Crippen molar-refractivity contribution in [2.24, 2.45) is 0 Å². The predicted octanol–water partition coefficient (Wildman–Crippen LogP) is 2.28. The van der Waals surface area contributed by atoms with E-state index in [1.165, 1.54) is 12.3 Å². The van der Waals surface area contributed by atoms with Crippen molar-refractivity contribution in [1.29, 1.82) is 5.26 Å². The lowest BCUT2D eigenvalue weighted by molar-refractivity contribution is -0.122. The summed E-state index contributed by atoms with van der Waals surface area (Å²) in [7, 11) is 0. The quantitative estimate of drug-likeness (QED) is 0.719. The molecule has 3 heteroatoms. The first kappa shape index (κ1) is 10.4. The largest absolute Gasteiger partial charge is 0.490 e. The van der Waals surface area contributed by atoms with Gasteiger partial charge in [-0.1, -0.05) is 12.1 Å². The summed E-state index contributed by atoms with van der Waals surface area (Å²) in [5.41, 5.74) is 0.771. The Morgan fingerprint density at radius 3 is 3.00 bits per heavy atom. The van der Waals surface area contributed by atoms with Crippen LogP contribution in [0.15, 0.2) is 36.6 Å². The van der Waals surface area contributed by atoms with E-state index in [1.54, 1.807) is 18.2 Å². The van der Waals surface area contributed by atoms with E-state index < -0.39 is 5.60 Å². The Kier molecular flexibility index (Phi) is 2.49. The van der Waals surface area contributed by atoms with Gasteiger partial charge in [0.05, 0.1) is 24.3 Å². The molecule has 0 saturated carbocycles. The van der Waals surface area contributed by atoms with Crippen molar-refractivity contribution < 1.29 is 9.53 Å². The summed E-state index contributed by atoms with van der Waals surface area (Å²) in [6.07, 6.45) is 3.15. The fourth-order valence-corrected chi connectivity index (χ4v) is 1.78. The SMILES string of the molecule is CC1(c2cccc(C#N)c2)CC(=O)C=CO1. The molecule has 1 atom stereocenters. The number of hydrogen-bond donors (Lipinski definition) is 0. The highest BCUT2D eigenvalue weighted by molar-refractivity contribution is 5.91. The van der Waals surface area contributed by atoms with E-state index in [9.17, 15) is 4.79 Å². The maximum atomic E-state index is 11.4. The molecule has 0 saturated heterocycles. The number of carbonyl (C=O) groups is 1. The van der Waals surface area contributed by atoms with Crippen molar-refractivity contribution in [3.8, 4) is 6.07 Å². The van der Waals surface area contributed by atoms with Gasteiger partial charge in [-0.3, -0.25) is 4.79 Å². The number of ether oxygens (including phenoxy) is 1. The molecule has 1 aromatic rings. The normalized spacial score (nSPS) is 23.6. The summed E-state index contributed by atoms with van der Waals surface area (Å²) in [6, 6.07) is 9.23. The van der Waals surface area contributed by atoms with Gasteiger partial charge in [-0.05, 0) is 24.6 Å². The van der Waals surface area contributed by atoms with Crippen LogP contribution in [0, 0.1) is 11.3 Å². The molecule has 0 aliphatic carbocycles. The molecule has 1 aromatic carbocycles. The number of rotatable bonds is 1. The Morgan fingerprint density at radius 2 is 2.31 bits per heavy atom. The number of nitrogens with zero attached hydrogens (tertiary/aromatic N) is 1. The Hall–Kier alpha value is -2.08. The smallest absolute Gasteiger partial charge is 0.163 e. The highest BCUT2D eigenvalue weighted by Crippen LogP contribution is 2.32. The Labute approximate surface area is 94.0 Å². The van der Waals surface area contributed by atoms with Gasteiger partial charge in [-0.25, -0.2) is 0 Å². The topological polar surface area (TPSA) is 50.1 Å². The molecule has 0 bridgehead atoms. The Bertz CT molecular complexity index is 499. The first-order chi connectivity index (χ1) is 7.64. The summed E-state index contributed by atoms with van der Waals surface area (Å²) in [6.45, 7) is 1.85. The van der Waals surface area contributed by atoms with Crippen LogP contribution in [-0.2, 0) is 15.1 Å². The summed E-state index contributed by atoms with van der Waals surface area (Å²) in [5, 5.41) is 8.82. The lowest BCUT2D eigenvalue weighted by Gasteiger charge is -2.31. The minimum Gasteiger partial charge on any atom is -0.490 e. The highest BCUT2D eigenvalue weighted by atomic mass is 16.5. The summed E-state index contributed by atoms with van der Waals surface area (Å²) in [5.74, 6) is 0.0381. The van der Waals surface area contributed by atoms with Gasteiger partial charge < -0.3 is 4.74 Å². The molecular formula is C13H11NO2. The number of carbonyl (C=O) groups excluding carboxylic acids is 1. The lowest BCUT2D eigenvalue weighted by atomic mass is 9.88. The Balaban J connectivity index is 2.40. The molecule has 2 rings (SSSR count). The van der Waals surface area contributed by atoms with Crippen molar-refractivity contribution in [3.05, 3.63) is 47.7 Å². The van der Waals surface area contributed by atoms with E-state index in [4.69, 9.17) is 10.00 Å². The molecule has 0 fully saturated rings. The van der Waals surface area contributed by atoms with Crippen LogP contribution in [0.2, 0.25) is 0 Å². The molecule has 1 aliphatic rings. The first-order valence-corrected chi connectivity index (χ1v) is 5.02. The van der Waals surface area contributed by atoms with Gasteiger partial charge >= 0.3 is 0 Å². The van der Waals surface area contributed by atoms with E-state index in [2.05, 4.69) is 6.07 Å². The van der Waals surface area contributed by atoms with Crippen LogP contribution in [0.4, 0.5) is 0 Å². The molecule has 0 aromatic heterocycles. The second-order valence-electron chi connectivity index (χ2n) is 3.99. The van der Waals surface area contributed by atoms with Crippen LogP contribution in [0.5, 0.6) is 0 Å². The van der Waals surface area contributed by atoms with Crippen molar-refractivity contribution in [2.75, 3.05) is 0 Å². The number of benzene rings is 1. The maximum Gasteiger partial charge on any atom is 0.163 e. The number of allylic oxidation sites excluding steroid dienone is 1. The molecular weight excluding hydrogens is 202 g/mol. The van der Waals surface area contributed by atoms with Crippen LogP contribution < -0.4 is 0 Å². The van der Waals surface area contributed by atoms with E-state index in [-0.39, 0.29) is 5.78 Å². The fourth-order valence-electron chi connectivity index (χ4n) is 1.78. The average Bonchev–Trinajstić information content (AvgIpc) is 2.29. The summed E-state index contributed by atoms with van der Waals surface area (Å²) < 4.78 is 5.51. The minimum atomic E-state index is -0.654. The van der Waals surface area contributed by atoms with Gasteiger partial charge in [0.1, 0.15) is 5.60 Å². The summed E-state index contributed by atoms with van der Waals surface area (Å²) in [4.78, 5) is 11.4. The van der Waals surface area contributed by atoms with E-state index in [1.807, 2.05) is 13.0 Å². The van der Waals surface area contributed by atoms with E-state index in [0.29, 0.717) is 12.0 Å². The second-order valence-corrected chi connectivity index (χ2v) is 3.99. The van der Waals surface area contributed by atoms with Gasteiger partial charge in [0, 0.05) is 6.08 Å². The zero-order valence-corrected chi connectivity index (χ0v) is 8.93. The molecule has 1 aliphatic heterocycles. The molecule has 80 valence electrons. The monoisotopic (exact) mass is 213 g/mol. The van der Waals surface area contributed by atoms with Crippen molar-refractivity contribution in [3.63, 3.8) is 0 Å². The van der Waals surface area contributed by atoms with E-state index in [0.717, 1.165) is 5.56 Å². The standard InChI is InChI=1S/C13H11NO2/c1-13(8-12(15)5-6-16-13)11-4-2-3-10(7-11)9-14/h2-7H,8H2,1H3.